The normalized spacial score (nSPS) is 20.4. The molecular formula is C10H11FN2S. The molecule has 2 rings (SSSR count). The molecule has 0 amide bonds. The van der Waals surface area contributed by atoms with Crippen LogP contribution in [0.25, 0.3) is 0 Å². The van der Waals surface area contributed by atoms with E-state index in [9.17, 15) is 4.39 Å². The summed E-state index contributed by atoms with van der Waals surface area (Å²) in [5.41, 5.74) is 0.976. The molecule has 74 valence electrons. The van der Waals surface area contributed by atoms with Crippen molar-refractivity contribution in [3.05, 3.63) is 35.6 Å². The zero-order valence-electron chi connectivity index (χ0n) is 7.57. The van der Waals surface area contributed by atoms with Crippen molar-refractivity contribution in [1.29, 1.82) is 0 Å². The lowest BCUT2D eigenvalue weighted by atomic mass is 10.1. The fourth-order valence-corrected chi connectivity index (χ4v) is 1.78. The number of hydrogen-bond donors (Lipinski definition) is 2. The Morgan fingerprint density at radius 3 is 3.07 bits per heavy atom. The second-order valence-electron chi connectivity index (χ2n) is 3.32. The highest BCUT2D eigenvalue weighted by molar-refractivity contribution is 7.96. The lowest BCUT2D eigenvalue weighted by Gasteiger charge is -2.05. The molecule has 1 atom stereocenters. The van der Waals surface area contributed by atoms with Crippen LogP contribution in [0.2, 0.25) is 0 Å². The van der Waals surface area contributed by atoms with Gasteiger partial charge in [-0.2, -0.15) is 0 Å². The van der Waals surface area contributed by atoms with Gasteiger partial charge in [-0.3, -0.25) is 4.99 Å². The Morgan fingerprint density at radius 2 is 2.43 bits per heavy atom. The molecule has 2 nitrogen and oxygen atoms in total. The van der Waals surface area contributed by atoms with E-state index in [1.807, 2.05) is 6.07 Å². The maximum atomic E-state index is 12.9. The maximum absolute atomic E-state index is 12.9. The summed E-state index contributed by atoms with van der Waals surface area (Å²) in [6.07, 6.45) is 0.759. The summed E-state index contributed by atoms with van der Waals surface area (Å²) in [5.74, 6) is -0.191. The van der Waals surface area contributed by atoms with Gasteiger partial charge in [0.15, 0.2) is 5.17 Å². The van der Waals surface area contributed by atoms with Crippen LogP contribution >= 0.6 is 12.6 Å². The van der Waals surface area contributed by atoms with Crippen molar-refractivity contribution in [2.45, 2.75) is 12.5 Å². The van der Waals surface area contributed by atoms with E-state index in [4.69, 9.17) is 0 Å². The molecule has 4 heteroatoms. The van der Waals surface area contributed by atoms with Gasteiger partial charge in [-0.05, 0) is 24.1 Å². The number of hydrogen-bond acceptors (Lipinski definition) is 2. The summed E-state index contributed by atoms with van der Waals surface area (Å²) in [6.45, 7) is 0.787. The van der Waals surface area contributed by atoms with E-state index in [0.29, 0.717) is 5.17 Å². The summed E-state index contributed by atoms with van der Waals surface area (Å²) >= 11 is 4.10. The fraction of sp³-hybridized carbons (Fsp3) is 0.300. The Kier molecular flexibility index (Phi) is 2.72. The quantitative estimate of drug-likeness (QED) is 0.712. The minimum Gasteiger partial charge on any atom is -0.363 e. The molecule has 1 aliphatic rings. The Bertz CT molecular complexity index is 365. The Morgan fingerprint density at radius 1 is 1.57 bits per heavy atom. The van der Waals surface area contributed by atoms with Crippen LogP contribution < -0.4 is 5.32 Å². The van der Waals surface area contributed by atoms with Crippen LogP contribution in [0.1, 0.15) is 5.56 Å². The van der Waals surface area contributed by atoms with Crippen molar-refractivity contribution in [3.63, 3.8) is 0 Å². The average molecular weight is 210 g/mol. The molecule has 0 radical (unpaired) electrons. The Labute approximate surface area is 87.7 Å². The van der Waals surface area contributed by atoms with E-state index in [1.54, 1.807) is 12.1 Å². The standard InChI is InChI=1S/C10H11FN2S/c11-8-3-1-2-7(4-8)5-9-6-12-10(14)13-9/h1-4,9H,5-6H2,(H2,12,13,14). The minimum absolute atomic E-state index is 0.185. The average Bonchev–Trinajstić information content (AvgIpc) is 2.51. The second-order valence-corrected chi connectivity index (χ2v) is 3.75. The molecule has 1 aromatic carbocycles. The molecule has 0 aliphatic carbocycles. The van der Waals surface area contributed by atoms with Gasteiger partial charge in [0.05, 0.1) is 6.04 Å². The molecule has 0 spiro atoms. The molecule has 1 unspecified atom stereocenters. The number of aliphatic imine (C=N–C) groups is 1. The summed E-state index contributed by atoms with van der Waals surface area (Å²) in [4.78, 5) is 4.26. The fourth-order valence-electron chi connectivity index (χ4n) is 1.53. The van der Waals surface area contributed by atoms with Crippen molar-refractivity contribution in [1.82, 2.24) is 5.32 Å². The molecular weight excluding hydrogens is 199 g/mol. The van der Waals surface area contributed by atoms with Crippen LogP contribution in [0, 0.1) is 5.82 Å². The number of benzene rings is 1. The molecule has 1 aromatic rings. The molecule has 0 fully saturated rings. The van der Waals surface area contributed by atoms with E-state index in [0.717, 1.165) is 18.5 Å². The van der Waals surface area contributed by atoms with E-state index < -0.39 is 0 Å². The number of rotatable bonds is 2. The van der Waals surface area contributed by atoms with Gasteiger partial charge >= 0.3 is 0 Å². The van der Waals surface area contributed by atoms with Gasteiger partial charge in [-0.1, -0.05) is 12.1 Å². The molecule has 0 bridgehead atoms. The predicted molar refractivity (Wildman–Crippen MR) is 58.3 cm³/mol. The lowest BCUT2D eigenvalue weighted by molar-refractivity contribution is 0.621. The van der Waals surface area contributed by atoms with Crippen LogP contribution in [0.5, 0.6) is 0 Å². The highest BCUT2D eigenvalue weighted by atomic mass is 32.1. The van der Waals surface area contributed by atoms with Crippen LogP contribution in [-0.2, 0) is 6.42 Å². The third-order valence-corrected chi connectivity index (χ3v) is 2.43. The van der Waals surface area contributed by atoms with Crippen molar-refractivity contribution < 1.29 is 4.39 Å². The molecule has 0 saturated heterocycles. The van der Waals surface area contributed by atoms with Gasteiger partial charge in [0.1, 0.15) is 5.82 Å². The van der Waals surface area contributed by atoms with Gasteiger partial charge in [-0.15, -0.1) is 12.6 Å². The number of nitrogens with one attached hydrogen (secondary N) is 1. The number of amidine groups is 1. The number of nitrogens with zero attached hydrogens (tertiary/aromatic N) is 1. The van der Waals surface area contributed by atoms with E-state index in [1.165, 1.54) is 6.07 Å². The van der Waals surface area contributed by atoms with Crippen molar-refractivity contribution in [2.24, 2.45) is 4.99 Å². The van der Waals surface area contributed by atoms with E-state index >= 15 is 0 Å². The Hall–Kier alpha value is -1.03. The smallest absolute Gasteiger partial charge is 0.153 e. The Balaban J connectivity index is 2.04. The van der Waals surface area contributed by atoms with Gasteiger partial charge in [0.25, 0.3) is 0 Å². The van der Waals surface area contributed by atoms with E-state index in [-0.39, 0.29) is 11.9 Å². The monoisotopic (exact) mass is 210 g/mol. The summed E-state index contributed by atoms with van der Waals surface area (Å²) in [7, 11) is 0. The first kappa shape index (κ1) is 9.52. The SMILES string of the molecule is Fc1cccc(CC2CNC(S)=N2)c1. The first-order valence-corrected chi connectivity index (χ1v) is 4.94. The van der Waals surface area contributed by atoms with Crippen LogP contribution in [0.3, 0.4) is 0 Å². The minimum atomic E-state index is -0.191. The predicted octanol–water partition coefficient (Wildman–Crippen LogP) is 1.63. The van der Waals surface area contributed by atoms with Gasteiger partial charge < -0.3 is 5.32 Å². The molecule has 1 aliphatic heterocycles. The van der Waals surface area contributed by atoms with Gasteiger partial charge in [-0.25, -0.2) is 4.39 Å². The molecule has 0 saturated carbocycles. The van der Waals surface area contributed by atoms with Gasteiger partial charge in [0, 0.05) is 6.54 Å². The first-order chi connectivity index (χ1) is 6.74. The van der Waals surface area contributed by atoms with E-state index in [2.05, 4.69) is 22.9 Å². The zero-order valence-corrected chi connectivity index (χ0v) is 8.47. The van der Waals surface area contributed by atoms with Crippen LogP contribution in [-0.4, -0.2) is 17.8 Å². The first-order valence-electron chi connectivity index (χ1n) is 4.49. The van der Waals surface area contributed by atoms with Crippen LogP contribution in [0.15, 0.2) is 29.3 Å². The van der Waals surface area contributed by atoms with Crippen LogP contribution in [0.4, 0.5) is 4.39 Å². The van der Waals surface area contributed by atoms with Crippen molar-refractivity contribution >= 4 is 17.8 Å². The lowest BCUT2D eigenvalue weighted by Crippen LogP contribution is -2.19. The topological polar surface area (TPSA) is 24.4 Å². The summed E-state index contributed by atoms with van der Waals surface area (Å²) in [6, 6.07) is 6.81. The third-order valence-electron chi connectivity index (χ3n) is 2.16. The molecule has 1 N–H and O–H groups in total. The second kappa shape index (κ2) is 4.00. The number of thiol groups is 1. The van der Waals surface area contributed by atoms with Crippen molar-refractivity contribution in [2.75, 3.05) is 6.54 Å². The number of halogens is 1. The summed E-state index contributed by atoms with van der Waals surface area (Å²) in [5, 5.41) is 3.70. The largest absolute Gasteiger partial charge is 0.363 e. The zero-order chi connectivity index (χ0) is 9.97. The molecule has 0 aromatic heterocycles. The summed E-state index contributed by atoms with van der Waals surface area (Å²) < 4.78 is 12.9. The molecule has 14 heavy (non-hydrogen) atoms. The highest BCUT2D eigenvalue weighted by Gasteiger charge is 2.14. The third kappa shape index (κ3) is 2.26. The highest BCUT2D eigenvalue weighted by Crippen LogP contribution is 2.10. The molecule has 1 heterocycles. The van der Waals surface area contributed by atoms with Gasteiger partial charge in [0.2, 0.25) is 0 Å². The maximum Gasteiger partial charge on any atom is 0.153 e. The van der Waals surface area contributed by atoms with Crippen molar-refractivity contribution in [3.8, 4) is 0 Å².